The Morgan fingerprint density at radius 1 is 0.958 bits per heavy atom. The summed E-state index contributed by atoms with van der Waals surface area (Å²) < 4.78 is 2.12. The van der Waals surface area contributed by atoms with Gasteiger partial charge in [-0.15, -0.1) is 0 Å². The summed E-state index contributed by atoms with van der Waals surface area (Å²) in [7, 11) is 0. The van der Waals surface area contributed by atoms with Crippen LogP contribution in [0.3, 0.4) is 0 Å². The molecule has 1 aromatic carbocycles. The fourth-order valence-corrected chi connectivity index (χ4v) is 4.29. The molecule has 0 saturated carbocycles. The van der Waals surface area contributed by atoms with Gasteiger partial charge in [-0.25, -0.2) is 4.98 Å². The van der Waals surface area contributed by atoms with E-state index in [1.165, 1.54) is 17.2 Å². The standard InChI is InChI=1S/C18H17Cl2N3S/c19-14-3-1-13(2-4-14)18-16(12-22-7-9-24-10-8-22)23-11-15(20)5-6-17(23)21-18/h1-6,11H,7-10,12H2. The number of rotatable bonds is 3. The molecule has 0 unspecified atom stereocenters. The SMILES string of the molecule is Clc1ccc(-c2nc3ccc(Cl)cn3c2CN2CCSCC2)cc1. The predicted octanol–water partition coefficient (Wildman–Crippen LogP) is 4.86. The maximum atomic E-state index is 6.23. The van der Waals surface area contributed by atoms with Crippen LogP contribution in [0.15, 0.2) is 42.6 Å². The lowest BCUT2D eigenvalue weighted by Gasteiger charge is -2.26. The molecule has 124 valence electrons. The number of benzene rings is 1. The van der Waals surface area contributed by atoms with Crippen molar-refractivity contribution in [3.8, 4) is 11.3 Å². The maximum absolute atomic E-state index is 6.23. The van der Waals surface area contributed by atoms with E-state index in [-0.39, 0.29) is 0 Å². The summed E-state index contributed by atoms with van der Waals surface area (Å²) in [6.45, 7) is 3.09. The van der Waals surface area contributed by atoms with Gasteiger partial charge in [0.05, 0.1) is 16.4 Å². The molecule has 24 heavy (non-hydrogen) atoms. The average Bonchev–Trinajstić information content (AvgIpc) is 2.94. The molecule has 0 amide bonds. The zero-order valence-corrected chi connectivity index (χ0v) is 15.4. The van der Waals surface area contributed by atoms with E-state index in [1.807, 2.05) is 54.4 Å². The van der Waals surface area contributed by atoms with E-state index in [0.29, 0.717) is 0 Å². The Bertz CT molecular complexity index is 855. The van der Waals surface area contributed by atoms with Crippen LogP contribution in [0.5, 0.6) is 0 Å². The summed E-state index contributed by atoms with van der Waals surface area (Å²) in [5, 5.41) is 1.46. The van der Waals surface area contributed by atoms with Crippen LogP contribution in [0.4, 0.5) is 0 Å². The smallest absolute Gasteiger partial charge is 0.137 e. The highest BCUT2D eigenvalue weighted by molar-refractivity contribution is 7.99. The number of aromatic nitrogens is 2. The van der Waals surface area contributed by atoms with Crippen LogP contribution in [0.1, 0.15) is 5.69 Å². The largest absolute Gasteiger partial charge is 0.301 e. The second kappa shape index (κ2) is 6.96. The third kappa shape index (κ3) is 3.29. The summed E-state index contributed by atoms with van der Waals surface area (Å²) in [4.78, 5) is 7.33. The monoisotopic (exact) mass is 377 g/mol. The molecule has 6 heteroatoms. The first kappa shape index (κ1) is 16.3. The Kier molecular flexibility index (Phi) is 4.72. The van der Waals surface area contributed by atoms with E-state index in [2.05, 4.69) is 9.30 Å². The topological polar surface area (TPSA) is 20.5 Å². The van der Waals surface area contributed by atoms with Crippen molar-refractivity contribution in [1.82, 2.24) is 14.3 Å². The van der Waals surface area contributed by atoms with Gasteiger partial charge in [0.25, 0.3) is 0 Å². The highest BCUT2D eigenvalue weighted by Crippen LogP contribution is 2.28. The third-order valence-corrected chi connectivity index (χ3v) is 5.69. The van der Waals surface area contributed by atoms with Crippen LogP contribution in [-0.2, 0) is 6.54 Å². The maximum Gasteiger partial charge on any atom is 0.137 e. The lowest BCUT2D eigenvalue weighted by Crippen LogP contribution is -2.32. The third-order valence-electron chi connectivity index (χ3n) is 4.28. The molecule has 1 aliphatic heterocycles. The Hall–Kier alpha value is -1.20. The van der Waals surface area contributed by atoms with E-state index in [0.717, 1.165) is 46.6 Å². The minimum Gasteiger partial charge on any atom is -0.301 e. The molecular formula is C18H17Cl2N3S. The molecule has 1 fully saturated rings. The van der Waals surface area contributed by atoms with Crippen molar-refractivity contribution >= 4 is 40.6 Å². The summed E-state index contributed by atoms with van der Waals surface area (Å²) in [6, 6.07) is 11.7. The lowest BCUT2D eigenvalue weighted by atomic mass is 10.1. The van der Waals surface area contributed by atoms with E-state index in [9.17, 15) is 0 Å². The van der Waals surface area contributed by atoms with Crippen LogP contribution >= 0.6 is 35.0 Å². The van der Waals surface area contributed by atoms with E-state index < -0.39 is 0 Å². The Labute approximate surface area is 155 Å². The molecule has 3 aromatic rings. The number of fused-ring (bicyclic) bond motifs is 1. The van der Waals surface area contributed by atoms with Crippen molar-refractivity contribution in [2.24, 2.45) is 0 Å². The molecular weight excluding hydrogens is 361 g/mol. The Balaban J connectivity index is 1.81. The fraction of sp³-hybridized carbons (Fsp3) is 0.278. The fourth-order valence-electron chi connectivity index (χ4n) is 3.03. The molecule has 0 bridgehead atoms. The molecule has 0 radical (unpaired) electrons. The van der Waals surface area contributed by atoms with Gasteiger partial charge in [-0.05, 0) is 24.3 Å². The molecule has 1 aliphatic rings. The number of nitrogens with zero attached hydrogens (tertiary/aromatic N) is 3. The first-order chi connectivity index (χ1) is 11.7. The molecule has 4 rings (SSSR count). The quantitative estimate of drug-likeness (QED) is 0.650. The van der Waals surface area contributed by atoms with Gasteiger partial charge in [0, 0.05) is 47.9 Å². The lowest BCUT2D eigenvalue weighted by molar-refractivity contribution is 0.290. The van der Waals surface area contributed by atoms with Crippen LogP contribution in [0, 0.1) is 0 Å². The first-order valence-electron chi connectivity index (χ1n) is 7.93. The van der Waals surface area contributed by atoms with Gasteiger partial charge in [0.2, 0.25) is 0 Å². The molecule has 3 nitrogen and oxygen atoms in total. The highest BCUT2D eigenvalue weighted by atomic mass is 35.5. The summed E-state index contributed by atoms with van der Waals surface area (Å²) in [5.41, 5.74) is 4.19. The zero-order valence-electron chi connectivity index (χ0n) is 13.1. The molecule has 1 saturated heterocycles. The Morgan fingerprint density at radius 3 is 2.42 bits per heavy atom. The number of hydrogen-bond donors (Lipinski definition) is 0. The second-order valence-corrected chi connectivity index (χ2v) is 7.98. The minimum atomic E-state index is 0.720. The van der Waals surface area contributed by atoms with Crippen molar-refractivity contribution in [2.45, 2.75) is 6.54 Å². The minimum absolute atomic E-state index is 0.720. The predicted molar refractivity (Wildman–Crippen MR) is 103 cm³/mol. The van der Waals surface area contributed by atoms with Crippen molar-refractivity contribution in [1.29, 1.82) is 0 Å². The second-order valence-electron chi connectivity index (χ2n) is 5.88. The zero-order chi connectivity index (χ0) is 16.5. The normalized spacial score (nSPS) is 15.9. The van der Waals surface area contributed by atoms with Crippen molar-refractivity contribution < 1.29 is 0 Å². The van der Waals surface area contributed by atoms with Crippen molar-refractivity contribution in [2.75, 3.05) is 24.6 Å². The van der Waals surface area contributed by atoms with Crippen molar-refractivity contribution in [3.63, 3.8) is 0 Å². The average molecular weight is 378 g/mol. The van der Waals surface area contributed by atoms with E-state index in [4.69, 9.17) is 28.2 Å². The molecule has 0 spiro atoms. The number of hydrogen-bond acceptors (Lipinski definition) is 3. The number of halogens is 2. The number of imidazole rings is 1. The van der Waals surface area contributed by atoms with E-state index in [1.54, 1.807) is 0 Å². The van der Waals surface area contributed by atoms with Gasteiger partial charge in [-0.1, -0.05) is 35.3 Å². The molecule has 0 aliphatic carbocycles. The van der Waals surface area contributed by atoms with Gasteiger partial charge in [0.15, 0.2) is 0 Å². The number of thioether (sulfide) groups is 1. The van der Waals surface area contributed by atoms with Gasteiger partial charge in [0.1, 0.15) is 5.65 Å². The van der Waals surface area contributed by atoms with Crippen LogP contribution in [0.2, 0.25) is 10.0 Å². The van der Waals surface area contributed by atoms with Gasteiger partial charge >= 0.3 is 0 Å². The van der Waals surface area contributed by atoms with Crippen LogP contribution in [-0.4, -0.2) is 38.9 Å². The van der Waals surface area contributed by atoms with Crippen LogP contribution < -0.4 is 0 Å². The van der Waals surface area contributed by atoms with Crippen LogP contribution in [0.25, 0.3) is 16.9 Å². The van der Waals surface area contributed by atoms with Crippen molar-refractivity contribution in [3.05, 3.63) is 58.3 Å². The molecule has 0 atom stereocenters. The van der Waals surface area contributed by atoms with Gasteiger partial charge < -0.3 is 4.40 Å². The Morgan fingerprint density at radius 2 is 1.67 bits per heavy atom. The summed E-state index contributed by atoms with van der Waals surface area (Å²) in [6.07, 6.45) is 1.96. The first-order valence-corrected chi connectivity index (χ1v) is 9.84. The van der Waals surface area contributed by atoms with Gasteiger partial charge in [-0.2, -0.15) is 11.8 Å². The number of pyridine rings is 1. The molecule has 0 N–H and O–H groups in total. The summed E-state index contributed by atoms with van der Waals surface area (Å²) in [5.74, 6) is 2.38. The molecule has 3 heterocycles. The molecule has 2 aromatic heterocycles. The van der Waals surface area contributed by atoms with Gasteiger partial charge in [-0.3, -0.25) is 4.90 Å². The van der Waals surface area contributed by atoms with E-state index >= 15 is 0 Å². The summed E-state index contributed by atoms with van der Waals surface area (Å²) >= 11 is 14.3. The highest BCUT2D eigenvalue weighted by Gasteiger charge is 2.19.